The van der Waals surface area contributed by atoms with Crippen LogP contribution in [0.1, 0.15) is 17.0 Å². The van der Waals surface area contributed by atoms with Crippen LogP contribution in [-0.2, 0) is 0 Å². The highest BCUT2D eigenvalue weighted by Gasteiger charge is 2.17. The van der Waals surface area contributed by atoms with Crippen LogP contribution in [0, 0.1) is 13.8 Å². The molecule has 0 bridgehead atoms. The number of rotatable bonds is 5. The van der Waals surface area contributed by atoms with E-state index in [9.17, 15) is 0 Å². The maximum atomic E-state index is 6.33. The summed E-state index contributed by atoms with van der Waals surface area (Å²) in [5.74, 6) is 0.609. The van der Waals surface area contributed by atoms with Gasteiger partial charge in [0.1, 0.15) is 0 Å². The van der Waals surface area contributed by atoms with Crippen LogP contribution in [-0.4, -0.2) is 57.4 Å². The van der Waals surface area contributed by atoms with E-state index in [1.807, 2.05) is 44.3 Å². The van der Waals surface area contributed by atoms with Gasteiger partial charge in [0.25, 0.3) is 5.95 Å². The molecule has 0 radical (unpaired) electrons. The highest BCUT2D eigenvalue weighted by Crippen LogP contribution is 2.26. The van der Waals surface area contributed by atoms with Crippen LogP contribution < -0.4 is 4.90 Å². The van der Waals surface area contributed by atoms with Gasteiger partial charge in [-0.15, -0.1) is 12.4 Å². The van der Waals surface area contributed by atoms with Gasteiger partial charge >= 0.3 is 0 Å². The van der Waals surface area contributed by atoms with Gasteiger partial charge in [-0.25, -0.2) is 14.6 Å². The zero-order valence-corrected chi connectivity index (χ0v) is 18.8. The molecule has 0 atom stereocenters. The summed E-state index contributed by atoms with van der Waals surface area (Å²) in [6.45, 7) is 8.92. The molecule has 1 aromatic carbocycles. The van der Waals surface area contributed by atoms with Crippen molar-refractivity contribution in [1.29, 1.82) is 0 Å². The summed E-state index contributed by atoms with van der Waals surface area (Å²) >= 11 is 6.33. The molecule has 0 saturated carbocycles. The molecule has 0 aliphatic carbocycles. The lowest BCUT2D eigenvalue weighted by Gasteiger charge is -2.36. The quantitative estimate of drug-likeness (QED) is 0.590. The Labute approximate surface area is 188 Å². The number of hydrogen-bond donors (Lipinski definition) is 0. The Balaban J connectivity index is 0.00000256. The Morgan fingerprint density at radius 1 is 1.07 bits per heavy atom. The van der Waals surface area contributed by atoms with Gasteiger partial charge in [-0.05, 0) is 32.0 Å². The summed E-state index contributed by atoms with van der Waals surface area (Å²) in [7, 11) is 0. The van der Waals surface area contributed by atoms with Crippen molar-refractivity contribution in [3.63, 3.8) is 0 Å². The minimum absolute atomic E-state index is 0. The van der Waals surface area contributed by atoms with Crippen LogP contribution in [0.4, 0.5) is 5.69 Å². The van der Waals surface area contributed by atoms with Gasteiger partial charge in [-0.2, -0.15) is 5.10 Å². The minimum Gasteiger partial charge on any atom is -0.368 e. The number of benzene rings is 1. The number of para-hydroxylation sites is 1. The largest absolute Gasteiger partial charge is 0.368 e. The second-order valence-corrected chi connectivity index (χ2v) is 7.64. The number of anilines is 1. The molecule has 6 nitrogen and oxygen atoms in total. The van der Waals surface area contributed by atoms with Crippen LogP contribution in [0.2, 0.25) is 5.02 Å². The number of halogens is 2. The van der Waals surface area contributed by atoms with E-state index in [1.165, 1.54) is 0 Å². The van der Waals surface area contributed by atoms with Crippen molar-refractivity contribution in [3.05, 3.63) is 70.8 Å². The second-order valence-electron chi connectivity index (χ2n) is 7.24. The number of aromatic nitrogens is 4. The summed E-state index contributed by atoms with van der Waals surface area (Å²) < 4.78 is 1.79. The average molecular weight is 445 g/mol. The van der Waals surface area contributed by atoms with Crippen molar-refractivity contribution in [2.75, 3.05) is 37.6 Å². The van der Waals surface area contributed by atoms with Gasteiger partial charge in [-0.1, -0.05) is 35.9 Å². The SMILES string of the molecule is Cc1ccnc(-n2ncc(/C=C/CN3CCN(c4ccccc4Cl)CC3)c2C)n1.Cl. The van der Waals surface area contributed by atoms with Gasteiger partial charge in [0.05, 0.1) is 22.6 Å². The molecule has 1 aliphatic heterocycles. The van der Waals surface area contributed by atoms with Gasteiger partial charge in [0.2, 0.25) is 0 Å². The molecular weight excluding hydrogens is 419 g/mol. The maximum absolute atomic E-state index is 6.33. The fourth-order valence-electron chi connectivity index (χ4n) is 3.53. The number of piperazine rings is 1. The van der Waals surface area contributed by atoms with Crippen LogP contribution in [0.5, 0.6) is 0 Å². The molecule has 3 aromatic rings. The van der Waals surface area contributed by atoms with Crippen molar-refractivity contribution < 1.29 is 0 Å². The predicted octanol–water partition coefficient (Wildman–Crippen LogP) is 4.19. The normalized spacial score (nSPS) is 14.8. The predicted molar refractivity (Wildman–Crippen MR) is 125 cm³/mol. The molecule has 3 heterocycles. The lowest BCUT2D eigenvalue weighted by Crippen LogP contribution is -2.46. The van der Waals surface area contributed by atoms with E-state index in [-0.39, 0.29) is 12.4 Å². The molecule has 30 heavy (non-hydrogen) atoms. The van der Waals surface area contributed by atoms with E-state index >= 15 is 0 Å². The summed E-state index contributed by atoms with van der Waals surface area (Å²) in [5, 5.41) is 5.28. The Kier molecular flexibility index (Phi) is 7.48. The second kappa shape index (κ2) is 10.1. The molecule has 1 saturated heterocycles. The van der Waals surface area contributed by atoms with Crippen molar-refractivity contribution >= 4 is 35.8 Å². The summed E-state index contributed by atoms with van der Waals surface area (Å²) in [6.07, 6.45) is 7.97. The molecule has 0 spiro atoms. The number of aryl methyl sites for hydroxylation is 1. The molecule has 1 fully saturated rings. The molecule has 4 rings (SSSR count). The highest BCUT2D eigenvalue weighted by molar-refractivity contribution is 6.33. The van der Waals surface area contributed by atoms with Gasteiger partial charge < -0.3 is 4.90 Å². The summed E-state index contributed by atoms with van der Waals surface area (Å²) in [4.78, 5) is 13.6. The van der Waals surface area contributed by atoms with Crippen LogP contribution in [0.25, 0.3) is 12.0 Å². The molecule has 8 heteroatoms. The molecule has 158 valence electrons. The van der Waals surface area contributed by atoms with E-state index in [1.54, 1.807) is 10.9 Å². The zero-order valence-electron chi connectivity index (χ0n) is 17.2. The van der Waals surface area contributed by atoms with E-state index in [0.29, 0.717) is 5.95 Å². The van der Waals surface area contributed by atoms with Crippen molar-refractivity contribution in [2.45, 2.75) is 13.8 Å². The van der Waals surface area contributed by atoms with Gasteiger partial charge in [0, 0.05) is 50.2 Å². The van der Waals surface area contributed by atoms with Crippen molar-refractivity contribution in [2.24, 2.45) is 0 Å². The van der Waals surface area contributed by atoms with Crippen LogP contribution in [0.3, 0.4) is 0 Å². The molecular formula is C22H26Cl2N6. The first-order valence-electron chi connectivity index (χ1n) is 9.85. The number of hydrogen-bond acceptors (Lipinski definition) is 5. The third-order valence-corrected chi connectivity index (χ3v) is 5.57. The summed E-state index contributed by atoms with van der Waals surface area (Å²) in [6, 6.07) is 9.95. The Morgan fingerprint density at radius 2 is 1.83 bits per heavy atom. The van der Waals surface area contributed by atoms with Crippen LogP contribution >= 0.6 is 24.0 Å². The third kappa shape index (κ3) is 5.01. The fourth-order valence-corrected chi connectivity index (χ4v) is 3.79. The van der Waals surface area contributed by atoms with E-state index in [2.05, 4.69) is 43.1 Å². The molecule has 0 unspecified atom stereocenters. The molecule has 2 aromatic heterocycles. The van der Waals surface area contributed by atoms with E-state index in [4.69, 9.17) is 11.6 Å². The lowest BCUT2D eigenvalue weighted by atomic mass is 10.2. The van der Waals surface area contributed by atoms with Crippen LogP contribution in [0.15, 0.2) is 48.8 Å². The Bertz CT molecular complexity index is 1010. The van der Waals surface area contributed by atoms with Crippen molar-refractivity contribution in [3.8, 4) is 5.95 Å². The molecule has 0 amide bonds. The maximum Gasteiger partial charge on any atom is 0.250 e. The molecule has 1 aliphatic rings. The van der Waals surface area contributed by atoms with E-state index in [0.717, 1.165) is 60.4 Å². The monoisotopic (exact) mass is 444 g/mol. The first-order valence-corrected chi connectivity index (χ1v) is 10.2. The summed E-state index contributed by atoms with van der Waals surface area (Å²) in [5.41, 5.74) is 4.18. The lowest BCUT2D eigenvalue weighted by molar-refractivity contribution is 0.284. The fraction of sp³-hybridized carbons (Fsp3) is 0.318. The standard InChI is InChI=1S/C22H25ClN6.ClH/c1-17-9-10-24-22(26-17)29-18(2)19(16-25-29)6-5-11-27-12-14-28(15-13-27)21-8-4-3-7-20(21)23;/h3-10,16H,11-15H2,1-2H3;1H/b6-5+;. The van der Waals surface area contributed by atoms with Gasteiger partial charge in [-0.3, -0.25) is 4.90 Å². The van der Waals surface area contributed by atoms with Gasteiger partial charge in [0.15, 0.2) is 0 Å². The first kappa shape index (κ1) is 22.3. The number of nitrogens with zero attached hydrogens (tertiary/aromatic N) is 6. The molecule has 0 N–H and O–H groups in total. The smallest absolute Gasteiger partial charge is 0.250 e. The minimum atomic E-state index is 0. The topological polar surface area (TPSA) is 50.1 Å². The first-order chi connectivity index (χ1) is 14.1. The van der Waals surface area contributed by atoms with E-state index < -0.39 is 0 Å². The highest BCUT2D eigenvalue weighted by atomic mass is 35.5. The Morgan fingerprint density at radius 3 is 2.57 bits per heavy atom. The zero-order chi connectivity index (χ0) is 20.2. The average Bonchev–Trinajstić information content (AvgIpc) is 3.09. The Hall–Kier alpha value is -2.41. The third-order valence-electron chi connectivity index (χ3n) is 5.25. The van der Waals surface area contributed by atoms with Crippen molar-refractivity contribution in [1.82, 2.24) is 24.6 Å².